The van der Waals surface area contributed by atoms with Crippen LogP contribution in [0.3, 0.4) is 0 Å². The van der Waals surface area contributed by atoms with E-state index in [1.807, 2.05) is 0 Å². The van der Waals surface area contributed by atoms with Crippen LogP contribution in [-0.2, 0) is 4.79 Å². The Morgan fingerprint density at radius 3 is 1.09 bits per heavy atom. The molecule has 0 fully saturated rings. The fraction of sp³-hybridized carbons (Fsp3) is 0.865. The van der Waals surface area contributed by atoms with E-state index in [1.165, 1.54) is 173 Å². The molecule has 342 valence electrons. The van der Waals surface area contributed by atoms with E-state index in [0.717, 1.165) is 51.4 Å². The van der Waals surface area contributed by atoms with Gasteiger partial charge in [-0.15, -0.1) is 0 Å². The molecule has 4 atom stereocenters. The van der Waals surface area contributed by atoms with Gasteiger partial charge in [0.25, 0.3) is 0 Å². The van der Waals surface area contributed by atoms with Crippen LogP contribution in [0.15, 0.2) is 36.5 Å². The Labute approximate surface area is 360 Å². The largest absolute Gasteiger partial charge is 0.394 e. The van der Waals surface area contributed by atoms with Crippen LogP contribution in [0, 0.1) is 0 Å². The normalized spacial score (nSPS) is 14.2. The second-order valence-electron chi connectivity index (χ2n) is 17.5. The number of nitrogens with one attached hydrogen (secondary N) is 1. The summed E-state index contributed by atoms with van der Waals surface area (Å²) in [5.74, 6) is -0.601. The zero-order valence-corrected chi connectivity index (χ0v) is 38.5. The molecule has 0 saturated carbocycles. The minimum atomic E-state index is -1.29. The minimum Gasteiger partial charge on any atom is -0.394 e. The minimum absolute atomic E-state index is 0.353. The molecular weight excluding hydrogens is 719 g/mol. The maximum absolute atomic E-state index is 12.5. The smallest absolute Gasteiger partial charge is 0.249 e. The number of hydrogen-bond donors (Lipinski definition) is 5. The Balaban J connectivity index is 3.75. The summed E-state index contributed by atoms with van der Waals surface area (Å²) in [4.78, 5) is 12.5. The second kappa shape index (κ2) is 46.6. The Morgan fingerprint density at radius 1 is 0.414 bits per heavy atom. The Hall–Kier alpha value is -1.47. The van der Waals surface area contributed by atoms with Crippen molar-refractivity contribution in [3.8, 4) is 0 Å². The number of unbranched alkanes of at least 4 members (excludes halogenated alkanes) is 31. The average Bonchev–Trinajstić information content (AvgIpc) is 3.23. The van der Waals surface area contributed by atoms with Crippen molar-refractivity contribution in [3.63, 3.8) is 0 Å². The molecule has 0 heterocycles. The highest BCUT2D eigenvalue weighted by atomic mass is 16.3. The Morgan fingerprint density at radius 2 is 0.724 bits per heavy atom. The maximum atomic E-state index is 12.5. The van der Waals surface area contributed by atoms with Crippen molar-refractivity contribution in [2.24, 2.45) is 0 Å². The number of allylic oxidation sites excluding steroid dienone is 6. The molecule has 0 aliphatic rings. The third-order valence-corrected chi connectivity index (χ3v) is 11.8. The van der Waals surface area contributed by atoms with Crippen molar-refractivity contribution in [1.82, 2.24) is 5.32 Å². The molecule has 0 bridgehead atoms. The van der Waals surface area contributed by atoms with Crippen LogP contribution in [0.2, 0.25) is 0 Å². The first kappa shape index (κ1) is 56.5. The summed E-state index contributed by atoms with van der Waals surface area (Å²) in [5, 5.41) is 43.8. The van der Waals surface area contributed by atoms with E-state index in [0.29, 0.717) is 19.3 Å². The summed E-state index contributed by atoms with van der Waals surface area (Å²) in [6.07, 6.45) is 56.2. The van der Waals surface area contributed by atoms with Crippen LogP contribution in [-0.4, -0.2) is 57.3 Å². The predicted molar refractivity (Wildman–Crippen MR) is 251 cm³/mol. The fourth-order valence-electron chi connectivity index (χ4n) is 7.77. The van der Waals surface area contributed by atoms with Gasteiger partial charge < -0.3 is 25.7 Å². The van der Waals surface area contributed by atoms with Crippen LogP contribution in [0.4, 0.5) is 0 Å². The van der Waals surface area contributed by atoms with Crippen molar-refractivity contribution < 1.29 is 25.2 Å². The monoisotopic (exact) mass is 818 g/mol. The van der Waals surface area contributed by atoms with Crippen LogP contribution in [0.5, 0.6) is 0 Å². The van der Waals surface area contributed by atoms with Crippen molar-refractivity contribution >= 4 is 5.91 Å². The van der Waals surface area contributed by atoms with Gasteiger partial charge in [-0.2, -0.15) is 0 Å². The van der Waals surface area contributed by atoms with Crippen LogP contribution in [0.25, 0.3) is 0 Å². The number of carbonyl (C=O) groups is 1. The van der Waals surface area contributed by atoms with Gasteiger partial charge in [0.2, 0.25) is 5.91 Å². The average molecular weight is 818 g/mol. The van der Waals surface area contributed by atoms with E-state index in [1.54, 1.807) is 0 Å². The Bertz CT molecular complexity index is 919. The van der Waals surface area contributed by atoms with Gasteiger partial charge in [0.05, 0.1) is 18.8 Å². The highest BCUT2D eigenvalue weighted by Gasteiger charge is 2.28. The summed E-state index contributed by atoms with van der Waals surface area (Å²) in [7, 11) is 0. The third kappa shape index (κ3) is 40.0. The number of rotatable bonds is 46. The molecule has 6 nitrogen and oxygen atoms in total. The van der Waals surface area contributed by atoms with Gasteiger partial charge in [0.15, 0.2) is 0 Å². The molecule has 0 aromatic rings. The lowest BCUT2D eigenvalue weighted by Crippen LogP contribution is -2.53. The van der Waals surface area contributed by atoms with Crippen molar-refractivity contribution in [2.45, 2.75) is 282 Å². The first-order valence-electron chi connectivity index (χ1n) is 25.4. The molecule has 0 aromatic heterocycles. The molecule has 0 aliphatic heterocycles. The van der Waals surface area contributed by atoms with Crippen molar-refractivity contribution in [2.75, 3.05) is 6.61 Å². The molecule has 58 heavy (non-hydrogen) atoms. The standard InChI is InChI=1S/C52H99NO5/c1-3-5-7-9-11-13-15-17-19-21-23-24-25-26-27-28-30-31-33-35-37-39-41-43-45-49(55)51(57)48(47-54)53-52(58)50(56)46-44-42-40-38-36-34-32-29-22-20-18-16-14-12-10-8-6-4-2/h22,29-31,37,39,48-51,54-57H,3-21,23-28,32-36,38,40-47H2,1-2H3,(H,53,58)/b29-22-,31-30+,39-37+. The van der Waals surface area contributed by atoms with E-state index in [4.69, 9.17) is 0 Å². The van der Waals surface area contributed by atoms with Gasteiger partial charge in [-0.1, -0.05) is 217 Å². The molecule has 0 spiro atoms. The number of aliphatic hydroxyl groups is 4. The van der Waals surface area contributed by atoms with Crippen molar-refractivity contribution in [3.05, 3.63) is 36.5 Å². The van der Waals surface area contributed by atoms with Crippen molar-refractivity contribution in [1.29, 1.82) is 0 Å². The SMILES string of the molecule is CCCCCCCCCC/C=C\CCCCCCCCC(O)C(=O)NC(CO)C(O)C(O)CCC/C=C/CC/C=C/CCCCCCCCCCCCCCCCC. The zero-order valence-electron chi connectivity index (χ0n) is 38.5. The fourth-order valence-corrected chi connectivity index (χ4v) is 7.77. The molecule has 0 radical (unpaired) electrons. The van der Waals surface area contributed by atoms with Gasteiger partial charge in [0.1, 0.15) is 12.2 Å². The van der Waals surface area contributed by atoms with Crippen LogP contribution in [0.1, 0.15) is 258 Å². The molecule has 0 aromatic carbocycles. The van der Waals surface area contributed by atoms with Crippen LogP contribution >= 0.6 is 0 Å². The topological polar surface area (TPSA) is 110 Å². The lowest BCUT2D eigenvalue weighted by atomic mass is 10.00. The first-order valence-corrected chi connectivity index (χ1v) is 25.4. The predicted octanol–water partition coefficient (Wildman–Crippen LogP) is 14.1. The first-order chi connectivity index (χ1) is 28.5. The van der Waals surface area contributed by atoms with Gasteiger partial charge in [-0.3, -0.25) is 4.79 Å². The van der Waals surface area contributed by atoms with E-state index in [9.17, 15) is 25.2 Å². The van der Waals surface area contributed by atoms with Crippen LogP contribution < -0.4 is 5.32 Å². The summed E-state index contributed by atoms with van der Waals surface area (Å²) in [6.45, 7) is 4.05. The highest BCUT2D eigenvalue weighted by Crippen LogP contribution is 2.16. The third-order valence-electron chi connectivity index (χ3n) is 11.8. The van der Waals surface area contributed by atoms with E-state index < -0.39 is 36.9 Å². The van der Waals surface area contributed by atoms with E-state index >= 15 is 0 Å². The number of hydrogen-bond acceptors (Lipinski definition) is 5. The molecule has 4 unspecified atom stereocenters. The Kier molecular flexibility index (Phi) is 45.4. The molecular formula is C52H99NO5. The van der Waals surface area contributed by atoms with E-state index in [2.05, 4.69) is 55.6 Å². The summed E-state index contributed by atoms with van der Waals surface area (Å²) < 4.78 is 0. The summed E-state index contributed by atoms with van der Waals surface area (Å²) in [6, 6.07) is -1.01. The summed E-state index contributed by atoms with van der Waals surface area (Å²) >= 11 is 0. The molecule has 5 N–H and O–H groups in total. The molecule has 0 rings (SSSR count). The number of carbonyl (C=O) groups excluding carboxylic acids is 1. The van der Waals surface area contributed by atoms with Gasteiger partial charge >= 0.3 is 0 Å². The summed E-state index contributed by atoms with van der Waals surface area (Å²) in [5.41, 5.74) is 0. The van der Waals surface area contributed by atoms with Gasteiger partial charge in [-0.05, 0) is 77.0 Å². The lowest BCUT2D eigenvalue weighted by molar-refractivity contribution is -0.132. The van der Waals surface area contributed by atoms with Gasteiger partial charge in [0, 0.05) is 0 Å². The molecule has 0 aliphatic carbocycles. The van der Waals surface area contributed by atoms with E-state index in [-0.39, 0.29) is 0 Å². The molecule has 1 amide bonds. The maximum Gasteiger partial charge on any atom is 0.249 e. The number of amides is 1. The molecule has 6 heteroatoms. The van der Waals surface area contributed by atoms with Gasteiger partial charge in [-0.25, -0.2) is 0 Å². The highest BCUT2D eigenvalue weighted by molar-refractivity contribution is 5.80. The lowest BCUT2D eigenvalue weighted by Gasteiger charge is -2.27. The number of aliphatic hydroxyl groups excluding tert-OH is 4. The molecule has 0 saturated heterocycles. The quantitative estimate of drug-likeness (QED) is 0.0310. The zero-order chi connectivity index (χ0) is 42.4. The second-order valence-corrected chi connectivity index (χ2v) is 17.5.